The first kappa shape index (κ1) is 18.7. The zero-order valence-corrected chi connectivity index (χ0v) is 17.4. The van der Waals surface area contributed by atoms with E-state index in [2.05, 4.69) is 48.6 Å². The van der Waals surface area contributed by atoms with Crippen LogP contribution in [-0.2, 0) is 4.79 Å². The molecule has 32 heavy (non-hydrogen) atoms. The van der Waals surface area contributed by atoms with Crippen molar-refractivity contribution in [2.75, 3.05) is 29.9 Å². The summed E-state index contributed by atoms with van der Waals surface area (Å²) in [6.07, 6.45) is 3.23. The van der Waals surface area contributed by atoms with Crippen LogP contribution in [0.4, 0.5) is 11.4 Å². The molecule has 9 nitrogen and oxygen atoms in total. The molecule has 0 saturated carbocycles. The molecule has 2 aromatic carbocycles. The third kappa shape index (κ3) is 2.96. The van der Waals surface area contributed by atoms with Crippen LogP contribution in [0.25, 0.3) is 33.5 Å². The Bertz CT molecular complexity index is 1290. The van der Waals surface area contributed by atoms with Crippen molar-refractivity contribution in [2.45, 2.75) is 18.9 Å². The van der Waals surface area contributed by atoms with Gasteiger partial charge in [-0.15, -0.1) is 0 Å². The molecule has 0 unspecified atom stereocenters. The first-order valence-electron chi connectivity index (χ1n) is 10.8. The molecule has 0 radical (unpaired) electrons. The lowest BCUT2D eigenvalue weighted by atomic mass is 10.1. The van der Waals surface area contributed by atoms with E-state index < -0.39 is 0 Å². The molecule has 162 valence electrons. The van der Waals surface area contributed by atoms with Crippen molar-refractivity contribution < 1.29 is 9.53 Å². The predicted octanol–water partition coefficient (Wildman–Crippen LogP) is 2.88. The Labute approximate surface area is 184 Å². The number of nitrogens with two attached hydrogens (primary N) is 1. The van der Waals surface area contributed by atoms with E-state index >= 15 is 0 Å². The summed E-state index contributed by atoms with van der Waals surface area (Å²) in [5, 5.41) is 11.4. The van der Waals surface area contributed by atoms with Crippen LogP contribution in [0.5, 0.6) is 5.75 Å². The number of hydrogen-bond acceptors (Lipinski definition) is 6. The number of amides is 1. The third-order valence-electron chi connectivity index (χ3n) is 6.28. The summed E-state index contributed by atoms with van der Waals surface area (Å²) in [6.45, 7) is 2.07. The van der Waals surface area contributed by atoms with Crippen LogP contribution in [0.2, 0.25) is 0 Å². The van der Waals surface area contributed by atoms with Crippen LogP contribution in [0, 0.1) is 0 Å². The Morgan fingerprint density at radius 1 is 1.19 bits per heavy atom. The highest BCUT2D eigenvalue weighted by atomic mass is 16.5. The zero-order chi connectivity index (χ0) is 21.7. The van der Waals surface area contributed by atoms with Gasteiger partial charge in [0.1, 0.15) is 24.7 Å². The fourth-order valence-electron chi connectivity index (χ4n) is 4.80. The van der Waals surface area contributed by atoms with Gasteiger partial charge >= 0.3 is 0 Å². The van der Waals surface area contributed by atoms with Crippen LogP contribution in [-0.4, -0.2) is 51.8 Å². The maximum absolute atomic E-state index is 11.9. The van der Waals surface area contributed by atoms with Crippen LogP contribution >= 0.6 is 0 Å². The SMILES string of the molecule is NC(=O)[C@@H]1CCCN1c1cc2c3c(c(-c4ccc(-c5ncn[nH]5)cc4)[nH]c3c1)NCCO2. The van der Waals surface area contributed by atoms with Crippen LogP contribution in [0.15, 0.2) is 42.7 Å². The van der Waals surface area contributed by atoms with Crippen molar-refractivity contribution in [3.8, 4) is 28.4 Å². The van der Waals surface area contributed by atoms with Crippen LogP contribution in [0.1, 0.15) is 12.8 Å². The molecule has 1 saturated heterocycles. The average Bonchev–Trinajstić information content (AvgIpc) is 3.53. The molecule has 2 aliphatic rings. The summed E-state index contributed by atoms with van der Waals surface area (Å²) in [4.78, 5) is 21.8. The highest BCUT2D eigenvalue weighted by molar-refractivity contribution is 6.06. The van der Waals surface area contributed by atoms with Gasteiger partial charge in [-0.25, -0.2) is 4.98 Å². The van der Waals surface area contributed by atoms with Gasteiger partial charge in [-0.2, -0.15) is 5.10 Å². The largest absolute Gasteiger partial charge is 0.491 e. The van der Waals surface area contributed by atoms with E-state index in [9.17, 15) is 4.79 Å². The Morgan fingerprint density at radius 2 is 2.03 bits per heavy atom. The van der Waals surface area contributed by atoms with Crippen molar-refractivity contribution in [1.82, 2.24) is 20.2 Å². The fraction of sp³-hybridized carbons (Fsp3) is 0.261. The second kappa shape index (κ2) is 7.30. The number of benzene rings is 2. The molecular weight excluding hydrogens is 406 g/mol. The smallest absolute Gasteiger partial charge is 0.240 e. The van der Waals surface area contributed by atoms with Gasteiger partial charge in [0.2, 0.25) is 5.91 Å². The topological polar surface area (TPSA) is 125 Å². The van der Waals surface area contributed by atoms with E-state index in [1.165, 1.54) is 6.33 Å². The minimum absolute atomic E-state index is 0.277. The van der Waals surface area contributed by atoms with E-state index in [4.69, 9.17) is 10.5 Å². The highest BCUT2D eigenvalue weighted by Gasteiger charge is 2.31. The van der Waals surface area contributed by atoms with E-state index in [0.717, 1.165) is 70.1 Å². The number of aromatic nitrogens is 4. The maximum atomic E-state index is 11.9. The van der Waals surface area contributed by atoms with Gasteiger partial charge in [0.15, 0.2) is 5.82 Å². The molecule has 0 bridgehead atoms. The lowest BCUT2D eigenvalue weighted by Gasteiger charge is -2.25. The number of nitrogens with one attached hydrogen (secondary N) is 3. The molecule has 0 aliphatic carbocycles. The van der Waals surface area contributed by atoms with E-state index in [0.29, 0.717) is 13.2 Å². The molecule has 4 heterocycles. The van der Waals surface area contributed by atoms with E-state index in [1.807, 2.05) is 18.2 Å². The molecule has 1 amide bonds. The number of ether oxygens (including phenoxy) is 1. The second-order valence-corrected chi connectivity index (χ2v) is 8.18. The summed E-state index contributed by atoms with van der Waals surface area (Å²) in [7, 11) is 0. The van der Waals surface area contributed by atoms with Gasteiger partial charge < -0.3 is 25.7 Å². The van der Waals surface area contributed by atoms with Crippen molar-refractivity contribution in [3.05, 3.63) is 42.7 Å². The van der Waals surface area contributed by atoms with Gasteiger partial charge in [0.05, 0.1) is 22.3 Å². The zero-order valence-electron chi connectivity index (χ0n) is 17.4. The van der Waals surface area contributed by atoms with Crippen molar-refractivity contribution in [3.63, 3.8) is 0 Å². The number of rotatable bonds is 4. The molecule has 5 N–H and O–H groups in total. The molecule has 6 rings (SSSR count). The van der Waals surface area contributed by atoms with Crippen molar-refractivity contribution >= 4 is 28.2 Å². The van der Waals surface area contributed by atoms with Crippen LogP contribution in [0.3, 0.4) is 0 Å². The van der Waals surface area contributed by atoms with Crippen molar-refractivity contribution in [1.29, 1.82) is 0 Å². The summed E-state index contributed by atoms with van der Waals surface area (Å²) in [6, 6.07) is 12.0. The fourth-order valence-corrected chi connectivity index (χ4v) is 4.80. The molecule has 4 aromatic rings. The number of carbonyl (C=O) groups excluding carboxylic acids is 1. The molecule has 2 aliphatic heterocycles. The van der Waals surface area contributed by atoms with E-state index in [-0.39, 0.29) is 11.9 Å². The number of aromatic amines is 2. The quantitative estimate of drug-likeness (QED) is 0.395. The molecule has 2 aromatic heterocycles. The number of H-pyrrole nitrogens is 2. The van der Waals surface area contributed by atoms with Gasteiger partial charge in [-0.1, -0.05) is 24.3 Å². The first-order valence-corrected chi connectivity index (χ1v) is 10.8. The summed E-state index contributed by atoms with van der Waals surface area (Å²) in [5.74, 6) is 1.27. The lowest BCUT2D eigenvalue weighted by Crippen LogP contribution is -2.40. The number of carbonyl (C=O) groups is 1. The van der Waals surface area contributed by atoms with Gasteiger partial charge in [-0.3, -0.25) is 9.89 Å². The Balaban J connectivity index is 1.46. The summed E-state index contributed by atoms with van der Waals surface area (Å²) >= 11 is 0. The number of hydrogen-bond donors (Lipinski definition) is 4. The second-order valence-electron chi connectivity index (χ2n) is 8.18. The van der Waals surface area contributed by atoms with Gasteiger partial charge in [-0.05, 0) is 18.9 Å². The van der Waals surface area contributed by atoms with Crippen LogP contribution < -0.4 is 20.7 Å². The number of primary amides is 1. The van der Waals surface area contributed by atoms with E-state index in [1.54, 1.807) is 0 Å². The molecule has 0 spiro atoms. The Hall–Kier alpha value is -4.01. The number of anilines is 2. The maximum Gasteiger partial charge on any atom is 0.240 e. The molecular formula is C23H23N7O2. The lowest BCUT2D eigenvalue weighted by molar-refractivity contribution is -0.119. The predicted molar refractivity (Wildman–Crippen MR) is 123 cm³/mol. The molecule has 9 heteroatoms. The minimum Gasteiger partial charge on any atom is -0.491 e. The standard InChI is InChI=1S/C23H23N7O2/c24-22(31)17-2-1-8-30(17)15-10-16-19-18(11-15)32-9-7-25-21(19)20(28-16)13-3-5-14(6-4-13)23-26-12-27-29-23/h3-6,10-12,17,25,28H,1-2,7-9H2,(H2,24,31)(H,26,27,29)/t17-/m0/s1. The average molecular weight is 429 g/mol. The van der Waals surface area contributed by atoms with Gasteiger partial charge in [0, 0.05) is 36.0 Å². The Kier molecular flexibility index (Phi) is 4.27. The van der Waals surface area contributed by atoms with Crippen molar-refractivity contribution in [2.24, 2.45) is 5.73 Å². The normalized spacial score (nSPS) is 17.8. The first-order chi connectivity index (χ1) is 15.7. The highest BCUT2D eigenvalue weighted by Crippen LogP contribution is 2.44. The Morgan fingerprint density at radius 3 is 2.81 bits per heavy atom. The summed E-state index contributed by atoms with van der Waals surface area (Å²) < 4.78 is 6.09. The monoisotopic (exact) mass is 429 g/mol. The molecule has 1 atom stereocenters. The molecule has 1 fully saturated rings. The summed E-state index contributed by atoms with van der Waals surface area (Å²) in [5.41, 5.74) is 11.6. The minimum atomic E-state index is -0.282. The third-order valence-corrected chi connectivity index (χ3v) is 6.28. The van der Waals surface area contributed by atoms with Gasteiger partial charge in [0.25, 0.3) is 0 Å². The number of nitrogens with zero attached hydrogens (tertiary/aromatic N) is 3.